The summed E-state index contributed by atoms with van der Waals surface area (Å²) in [5, 5.41) is 45.1. The summed E-state index contributed by atoms with van der Waals surface area (Å²) >= 11 is 0. The van der Waals surface area contributed by atoms with Gasteiger partial charge in [0.1, 0.15) is 11.6 Å². The number of nitrogens with one attached hydrogen (secondary N) is 1. The molecule has 1 aromatic carbocycles. The predicted molar refractivity (Wildman–Crippen MR) is 166 cm³/mol. The average Bonchev–Trinajstić information content (AvgIpc) is 3.30. The zero-order valence-corrected chi connectivity index (χ0v) is 27.1. The topological polar surface area (TPSA) is 197 Å². The molecule has 0 aliphatic heterocycles. The molecule has 5 N–H and O–H groups in total. The van der Waals surface area contributed by atoms with E-state index < -0.39 is 53.4 Å². The first kappa shape index (κ1) is 34.6. The van der Waals surface area contributed by atoms with Crippen molar-refractivity contribution < 1.29 is 53.9 Å². The molecule has 3 saturated carbocycles. The van der Waals surface area contributed by atoms with Crippen LogP contribution in [0.25, 0.3) is 0 Å². The third-order valence-corrected chi connectivity index (χ3v) is 11.7. The van der Waals surface area contributed by atoms with Crippen LogP contribution in [0.5, 0.6) is 11.5 Å². The molecule has 0 unspecified atom stereocenters. The molecule has 0 saturated heterocycles. The number of esters is 2. The Hall–Kier alpha value is -3.77. The summed E-state index contributed by atoms with van der Waals surface area (Å²) in [6.45, 7) is 3.31. The van der Waals surface area contributed by atoms with Gasteiger partial charge in [-0.2, -0.15) is 0 Å². The summed E-state index contributed by atoms with van der Waals surface area (Å²) < 4.78 is 9.96. The van der Waals surface area contributed by atoms with Crippen LogP contribution in [0.2, 0.25) is 0 Å². The second kappa shape index (κ2) is 13.0. The molecule has 5 rings (SSSR count). The van der Waals surface area contributed by atoms with Gasteiger partial charge in [0.15, 0.2) is 23.9 Å². The number of hydrogen-bond donors (Lipinski definition) is 5. The molecule has 0 spiro atoms. The molecule has 12 heteroatoms. The summed E-state index contributed by atoms with van der Waals surface area (Å²) in [6.07, 6.45) is 3.87. The average molecular weight is 656 g/mol. The Kier molecular flexibility index (Phi) is 9.58. The van der Waals surface area contributed by atoms with E-state index in [0.717, 1.165) is 25.5 Å². The van der Waals surface area contributed by atoms with Gasteiger partial charge < -0.3 is 35.2 Å². The quantitative estimate of drug-likeness (QED) is 0.183. The molecular weight excluding hydrogens is 610 g/mol. The van der Waals surface area contributed by atoms with Crippen molar-refractivity contribution in [3.8, 4) is 11.5 Å². The molecule has 0 aromatic heterocycles. The summed E-state index contributed by atoms with van der Waals surface area (Å²) in [5.74, 6) is -3.47. The normalized spacial score (nSPS) is 33.4. The minimum Gasteiger partial charge on any atom is -0.504 e. The van der Waals surface area contributed by atoms with Crippen LogP contribution in [0.1, 0.15) is 77.2 Å². The van der Waals surface area contributed by atoms with E-state index in [4.69, 9.17) is 9.47 Å². The highest BCUT2D eigenvalue weighted by atomic mass is 16.5. The number of methoxy groups -OCH3 is 1. The number of aromatic hydroxyl groups is 2. The second-order valence-corrected chi connectivity index (χ2v) is 14.2. The number of benzene rings is 1. The van der Waals surface area contributed by atoms with Crippen molar-refractivity contribution in [2.24, 2.45) is 28.6 Å². The van der Waals surface area contributed by atoms with Crippen LogP contribution in [0, 0.1) is 28.6 Å². The molecule has 3 fully saturated rings. The molecule has 0 radical (unpaired) electrons. The van der Waals surface area contributed by atoms with Crippen LogP contribution in [-0.4, -0.2) is 81.3 Å². The van der Waals surface area contributed by atoms with Gasteiger partial charge in [0.2, 0.25) is 11.7 Å². The number of aliphatic hydroxyl groups is 2. The van der Waals surface area contributed by atoms with Crippen LogP contribution < -0.4 is 5.32 Å². The third-order valence-electron chi connectivity index (χ3n) is 11.7. The van der Waals surface area contributed by atoms with Crippen molar-refractivity contribution in [1.29, 1.82) is 0 Å². The van der Waals surface area contributed by atoms with Gasteiger partial charge in [-0.25, -0.2) is 4.79 Å². The maximum absolute atomic E-state index is 13.5. The molecule has 256 valence electrons. The summed E-state index contributed by atoms with van der Waals surface area (Å²) in [4.78, 5) is 63.1. The first-order chi connectivity index (χ1) is 22.1. The Morgan fingerprint density at radius 3 is 2.49 bits per heavy atom. The van der Waals surface area contributed by atoms with Gasteiger partial charge in [0, 0.05) is 24.7 Å². The minimum atomic E-state index is -1.79. The van der Waals surface area contributed by atoms with Crippen molar-refractivity contribution in [3.63, 3.8) is 0 Å². The second-order valence-electron chi connectivity index (χ2n) is 14.2. The summed E-state index contributed by atoms with van der Waals surface area (Å²) in [5.41, 5.74) is -1.47. The van der Waals surface area contributed by atoms with Crippen LogP contribution in [-0.2, 0) is 39.9 Å². The Labute approximate surface area is 273 Å². The molecule has 1 aromatic rings. The lowest BCUT2D eigenvalue weighted by atomic mass is 9.45. The lowest BCUT2D eigenvalue weighted by Gasteiger charge is -2.60. The molecule has 8 atom stereocenters. The SMILES string of the molecule is COC(=O)[C@H](Cc1ccc(O)c(O)c1)NC(=O)CCC(=O)OCC(=O)[C@@]1(O)CC[C@H]2[C@@H]3CCC4=CC(=O)CC[C@]4(C)[C@H]3[C@H](O)C[C@@]21C. The van der Waals surface area contributed by atoms with E-state index in [2.05, 4.69) is 12.2 Å². The number of fused-ring (bicyclic) bond motifs is 5. The number of ketones is 2. The van der Waals surface area contributed by atoms with Crippen LogP contribution in [0.3, 0.4) is 0 Å². The number of allylic oxidation sites excluding steroid dienone is 1. The molecule has 0 bridgehead atoms. The van der Waals surface area contributed by atoms with Gasteiger partial charge in [-0.15, -0.1) is 0 Å². The van der Waals surface area contributed by atoms with Crippen LogP contribution in [0.4, 0.5) is 0 Å². The smallest absolute Gasteiger partial charge is 0.328 e. The number of rotatable bonds is 10. The molecule has 47 heavy (non-hydrogen) atoms. The maximum atomic E-state index is 13.5. The van der Waals surface area contributed by atoms with Gasteiger partial charge in [0.05, 0.1) is 19.6 Å². The molecule has 4 aliphatic rings. The molecule has 1 amide bonds. The zero-order valence-electron chi connectivity index (χ0n) is 27.1. The highest BCUT2D eigenvalue weighted by Gasteiger charge is 2.68. The zero-order chi connectivity index (χ0) is 34.3. The number of hydrogen-bond acceptors (Lipinski definition) is 11. The van der Waals surface area contributed by atoms with Crippen molar-refractivity contribution in [1.82, 2.24) is 5.32 Å². The molecule has 12 nitrogen and oxygen atoms in total. The Balaban J connectivity index is 1.16. The summed E-state index contributed by atoms with van der Waals surface area (Å²) in [7, 11) is 1.15. The lowest BCUT2D eigenvalue weighted by Crippen LogP contribution is -2.62. The standard InChI is InChI=1S/C35H45NO11/c1-33-12-10-21(37)16-20(33)5-6-22-23-11-13-35(45,34(23,2)17-27(40)31(22)33)28(41)18-47-30(43)9-8-29(42)36-24(32(44)46-3)14-19-4-7-25(38)26(39)15-19/h4,7,15-16,22-24,27,31,38-40,45H,5-6,8-14,17-18H2,1-3H3,(H,36,42)/t22-,23-,24-,27+,31+,33-,34-,35-/m0/s1. The Morgan fingerprint density at radius 2 is 1.79 bits per heavy atom. The monoisotopic (exact) mass is 655 g/mol. The highest BCUT2D eigenvalue weighted by Crippen LogP contribution is 2.67. The largest absolute Gasteiger partial charge is 0.504 e. The van der Waals surface area contributed by atoms with Crippen LogP contribution >= 0.6 is 0 Å². The number of ether oxygens (including phenoxy) is 2. The fraction of sp³-hybridized carbons (Fsp3) is 0.629. The molecule has 0 heterocycles. The van der Waals surface area contributed by atoms with E-state index in [1.54, 1.807) is 6.08 Å². The fourth-order valence-corrected chi connectivity index (χ4v) is 9.24. The number of carbonyl (C=O) groups excluding carboxylic acids is 5. The van der Waals surface area contributed by atoms with Gasteiger partial charge in [-0.1, -0.05) is 25.5 Å². The van der Waals surface area contributed by atoms with Gasteiger partial charge >= 0.3 is 11.9 Å². The van der Waals surface area contributed by atoms with Crippen molar-refractivity contribution in [3.05, 3.63) is 35.4 Å². The van der Waals surface area contributed by atoms with Gasteiger partial charge in [0.25, 0.3) is 0 Å². The maximum Gasteiger partial charge on any atom is 0.328 e. The Morgan fingerprint density at radius 1 is 1.04 bits per heavy atom. The number of Topliss-reactive ketones (excluding diaryl/α,β-unsaturated/α-hetero) is 1. The van der Waals surface area contributed by atoms with E-state index in [9.17, 15) is 44.4 Å². The molecule has 4 aliphatic carbocycles. The third kappa shape index (κ3) is 6.29. The number of amides is 1. The highest BCUT2D eigenvalue weighted by molar-refractivity contribution is 5.92. The lowest BCUT2D eigenvalue weighted by molar-refractivity contribution is -0.184. The number of aliphatic hydroxyl groups excluding tert-OH is 1. The van der Waals surface area contributed by atoms with E-state index in [1.807, 2.05) is 6.92 Å². The van der Waals surface area contributed by atoms with Crippen LogP contribution in [0.15, 0.2) is 29.8 Å². The van der Waals surface area contributed by atoms with Crippen molar-refractivity contribution >= 4 is 29.4 Å². The first-order valence-corrected chi connectivity index (χ1v) is 16.3. The van der Waals surface area contributed by atoms with Gasteiger partial charge in [-0.3, -0.25) is 19.2 Å². The van der Waals surface area contributed by atoms with Gasteiger partial charge in [-0.05, 0) is 85.5 Å². The fourth-order valence-electron chi connectivity index (χ4n) is 9.24. The Bertz CT molecular complexity index is 1490. The summed E-state index contributed by atoms with van der Waals surface area (Å²) in [6, 6.07) is 2.85. The first-order valence-electron chi connectivity index (χ1n) is 16.3. The van der Waals surface area contributed by atoms with Crippen molar-refractivity contribution in [2.45, 2.75) is 95.8 Å². The minimum absolute atomic E-state index is 0.0199. The van der Waals surface area contributed by atoms with E-state index in [-0.39, 0.29) is 72.6 Å². The number of carbonyl (C=O) groups is 5. The number of phenolic OH excluding ortho intramolecular Hbond substituents is 2. The number of phenols is 2. The molecular formula is C35H45NO11. The van der Waals surface area contributed by atoms with Crippen molar-refractivity contribution in [2.75, 3.05) is 13.7 Å². The predicted octanol–water partition coefficient (Wildman–Crippen LogP) is 2.42. The van der Waals surface area contributed by atoms with E-state index >= 15 is 0 Å². The van der Waals surface area contributed by atoms with E-state index in [1.165, 1.54) is 18.2 Å². The van der Waals surface area contributed by atoms with E-state index in [0.29, 0.717) is 24.8 Å².